The highest BCUT2D eigenvalue weighted by Crippen LogP contribution is 2.67. The fourth-order valence-electron chi connectivity index (χ4n) is 6.09. The van der Waals surface area contributed by atoms with Crippen LogP contribution < -0.4 is 15.5 Å². The molecule has 10 heteroatoms. The van der Waals surface area contributed by atoms with Crippen LogP contribution in [0.15, 0.2) is 24.3 Å². The average molecular weight is 568 g/mol. The fraction of sp³-hybridized carbons (Fsp3) is 0.640. The van der Waals surface area contributed by atoms with Gasteiger partial charge in [-0.1, -0.05) is 15.9 Å². The maximum absolute atomic E-state index is 13.8. The number of anilines is 2. The zero-order valence-electron chi connectivity index (χ0n) is 20.5. The van der Waals surface area contributed by atoms with Gasteiger partial charge in [0.15, 0.2) is 0 Å². The molecule has 3 N–H and O–H groups in total. The predicted octanol–water partition coefficient (Wildman–Crippen LogP) is 2.45. The van der Waals surface area contributed by atoms with Gasteiger partial charge >= 0.3 is 0 Å². The molecule has 4 rings (SSSR count). The Balaban J connectivity index is 1.63. The Bertz CT molecular complexity index is 959. The molecule has 1 aromatic rings. The lowest BCUT2D eigenvalue weighted by Crippen LogP contribution is -2.53. The number of likely N-dealkylation sites (tertiary alicyclic amines) is 1. The monoisotopic (exact) mass is 566 g/mol. The van der Waals surface area contributed by atoms with Crippen molar-refractivity contribution in [3.05, 3.63) is 24.3 Å². The Hall–Kier alpha value is -1.78. The van der Waals surface area contributed by atoms with Crippen LogP contribution in [0.1, 0.15) is 33.1 Å². The van der Waals surface area contributed by atoms with E-state index in [1.54, 1.807) is 23.7 Å². The molecule has 3 amide bonds. The molecule has 3 aliphatic rings. The van der Waals surface area contributed by atoms with Gasteiger partial charge in [0.1, 0.15) is 6.04 Å². The number of aliphatic hydroxyl groups excluding tert-OH is 1. The van der Waals surface area contributed by atoms with E-state index in [2.05, 4.69) is 45.3 Å². The molecule has 0 radical (unpaired) electrons. The molecule has 3 aliphatic heterocycles. The lowest BCUT2D eigenvalue weighted by molar-refractivity contribution is -0.139. The number of hydrogen-bond acceptors (Lipinski definition) is 6. The molecule has 192 valence electrons. The van der Waals surface area contributed by atoms with Crippen LogP contribution >= 0.6 is 27.7 Å². The van der Waals surface area contributed by atoms with Crippen molar-refractivity contribution in [2.75, 3.05) is 43.5 Å². The van der Waals surface area contributed by atoms with E-state index in [1.165, 1.54) is 0 Å². The van der Waals surface area contributed by atoms with Crippen molar-refractivity contribution in [3.63, 3.8) is 0 Å². The third-order valence-corrected chi connectivity index (χ3v) is 10.9. The van der Waals surface area contributed by atoms with Crippen molar-refractivity contribution >= 4 is 56.8 Å². The van der Waals surface area contributed by atoms with E-state index in [0.29, 0.717) is 31.5 Å². The van der Waals surface area contributed by atoms with Crippen LogP contribution in [0.4, 0.5) is 11.4 Å². The predicted molar refractivity (Wildman–Crippen MR) is 143 cm³/mol. The highest BCUT2D eigenvalue weighted by atomic mass is 79.9. The summed E-state index contributed by atoms with van der Waals surface area (Å²) < 4.78 is -0.655. The number of carbonyl (C=O) groups excluding carboxylic acids is 3. The van der Waals surface area contributed by atoms with Crippen LogP contribution in [-0.4, -0.2) is 81.9 Å². The normalized spacial score (nSPS) is 30.9. The van der Waals surface area contributed by atoms with E-state index < -0.39 is 22.6 Å². The summed E-state index contributed by atoms with van der Waals surface area (Å²) in [5.74, 6) is -1.48. The first-order valence-corrected chi connectivity index (χ1v) is 14.2. The first-order valence-electron chi connectivity index (χ1n) is 12.4. The zero-order valence-corrected chi connectivity index (χ0v) is 22.9. The van der Waals surface area contributed by atoms with E-state index in [-0.39, 0.29) is 34.4 Å². The second-order valence-corrected chi connectivity index (χ2v) is 12.2. The van der Waals surface area contributed by atoms with Gasteiger partial charge in [-0.15, -0.1) is 11.8 Å². The van der Waals surface area contributed by atoms with Gasteiger partial charge in [-0.25, -0.2) is 0 Å². The number of fused-ring (bicyclic) bond motifs is 1. The molecule has 3 saturated heterocycles. The Kier molecular flexibility index (Phi) is 8.02. The number of amides is 3. The minimum atomic E-state index is -0.675. The van der Waals surface area contributed by atoms with Gasteiger partial charge in [-0.05, 0) is 57.4 Å². The second kappa shape index (κ2) is 10.7. The SMILES string of the molecule is CCN(CC)c1ccc(NC(=O)C2N(CCCCO)C(=O)[C@@H]3[C@H](C(=O)NC)[C@H]4SC23CC4Br)cc1. The van der Waals surface area contributed by atoms with Crippen molar-refractivity contribution in [1.82, 2.24) is 10.2 Å². The van der Waals surface area contributed by atoms with Crippen LogP contribution in [0.25, 0.3) is 0 Å². The number of thioether (sulfide) groups is 1. The van der Waals surface area contributed by atoms with Crippen molar-refractivity contribution in [2.24, 2.45) is 11.8 Å². The summed E-state index contributed by atoms with van der Waals surface area (Å²) in [6, 6.07) is 7.11. The van der Waals surface area contributed by atoms with Crippen molar-refractivity contribution in [2.45, 2.75) is 54.0 Å². The second-order valence-electron chi connectivity index (χ2n) is 9.45. The number of alkyl halides is 1. The highest BCUT2D eigenvalue weighted by Gasteiger charge is 2.75. The lowest BCUT2D eigenvalue weighted by Gasteiger charge is -2.35. The van der Waals surface area contributed by atoms with Crippen LogP contribution in [0.5, 0.6) is 0 Å². The maximum atomic E-state index is 13.8. The molecular formula is C25H35BrN4O4S. The number of unbranched alkanes of at least 4 members (excludes halogenated alkanes) is 1. The number of benzene rings is 1. The van der Waals surface area contributed by atoms with E-state index in [0.717, 1.165) is 18.8 Å². The topological polar surface area (TPSA) is 102 Å². The van der Waals surface area contributed by atoms with E-state index in [9.17, 15) is 19.5 Å². The molecule has 35 heavy (non-hydrogen) atoms. The molecule has 8 nitrogen and oxygen atoms in total. The minimum Gasteiger partial charge on any atom is -0.396 e. The summed E-state index contributed by atoms with van der Waals surface area (Å²) in [4.78, 5) is 44.4. The van der Waals surface area contributed by atoms with Crippen LogP contribution in [-0.2, 0) is 14.4 Å². The molecule has 1 aromatic carbocycles. The lowest BCUT2D eigenvalue weighted by atomic mass is 9.70. The van der Waals surface area contributed by atoms with Crippen LogP contribution in [0, 0.1) is 11.8 Å². The number of carbonyl (C=O) groups is 3. The van der Waals surface area contributed by atoms with Gasteiger partial charge < -0.3 is 25.5 Å². The first kappa shape index (κ1) is 26.3. The standard InChI is InChI=1S/C25H35BrN4O4S/c1-4-29(5-2)16-10-8-15(9-11-16)28-23(33)21-25-14-17(26)20(35-25)18(22(32)27-3)19(25)24(34)30(21)12-6-7-13-31/h8-11,17-21,31H,4-7,12-14H2,1-3H3,(H,27,32)(H,28,33)/t17?,18-,19-,20-,21?,25?/m0/s1. The molecule has 3 unspecified atom stereocenters. The summed E-state index contributed by atoms with van der Waals surface area (Å²) in [7, 11) is 1.60. The first-order chi connectivity index (χ1) is 16.8. The van der Waals surface area contributed by atoms with Crippen LogP contribution in [0.3, 0.4) is 0 Å². The third-order valence-electron chi connectivity index (χ3n) is 7.66. The van der Waals surface area contributed by atoms with Gasteiger partial charge in [-0.3, -0.25) is 14.4 Å². The smallest absolute Gasteiger partial charge is 0.248 e. The van der Waals surface area contributed by atoms with E-state index in [1.807, 2.05) is 24.3 Å². The van der Waals surface area contributed by atoms with Gasteiger partial charge in [0, 0.05) is 54.7 Å². The summed E-state index contributed by atoms with van der Waals surface area (Å²) in [5, 5.41) is 15.0. The molecular weight excluding hydrogens is 532 g/mol. The average Bonchev–Trinajstić information content (AvgIpc) is 3.44. The highest BCUT2D eigenvalue weighted by molar-refractivity contribution is 9.09. The molecule has 6 atom stereocenters. The number of nitrogens with zero attached hydrogens (tertiary/aromatic N) is 2. The third kappa shape index (κ3) is 4.46. The number of halogens is 1. The number of rotatable bonds is 10. The summed E-state index contributed by atoms with van der Waals surface area (Å²) in [5.41, 5.74) is 1.78. The fourth-order valence-corrected chi connectivity index (χ4v) is 9.70. The Morgan fingerprint density at radius 1 is 1.20 bits per heavy atom. The van der Waals surface area contributed by atoms with Gasteiger partial charge in [0.05, 0.1) is 16.6 Å². The van der Waals surface area contributed by atoms with Crippen molar-refractivity contribution < 1.29 is 19.5 Å². The Morgan fingerprint density at radius 3 is 2.49 bits per heavy atom. The van der Waals surface area contributed by atoms with Gasteiger partial charge in [0.2, 0.25) is 17.7 Å². The van der Waals surface area contributed by atoms with Gasteiger partial charge in [0.25, 0.3) is 0 Å². The van der Waals surface area contributed by atoms with Crippen molar-refractivity contribution in [1.29, 1.82) is 0 Å². The molecule has 3 fully saturated rings. The van der Waals surface area contributed by atoms with Crippen molar-refractivity contribution in [3.8, 4) is 0 Å². The minimum absolute atomic E-state index is 0.0352. The number of hydrogen-bond donors (Lipinski definition) is 3. The maximum Gasteiger partial charge on any atom is 0.248 e. The number of nitrogens with one attached hydrogen (secondary N) is 2. The van der Waals surface area contributed by atoms with Crippen LogP contribution in [0.2, 0.25) is 0 Å². The quantitative estimate of drug-likeness (QED) is 0.297. The largest absolute Gasteiger partial charge is 0.396 e. The van der Waals surface area contributed by atoms with Gasteiger partial charge in [-0.2, -0.15) is 0 Å². The molecule has 2 bridgehead atoms. The van der Waals surface area contributed by atoms with E-state index in [4.69, 9.17) is 0 Å². The van der Waals surface area contributed by atoms with E-state index >= 15 is 0 Å². The molecule has 0 aromatic heterocycles. The summed E-state index contributed by atoms with van der Waals surface area (Å²) in [6.07, 6.45) is 1.81. The number of aliphatic hydroxyl groups is 1. The Labute approximate surface area is 219 Å². The molecule has 3 heterocycles. The molecule has 0 aliphatic carbocycles. The Morgan fingerprint density at radius 2 is 1.89 bits per heavy atom. The molecule has 1 spiro atoms. The zero-order chi connectivity index (χ0) is 25.3. The molecule has 0 saturated carbocycles. The summed E-state index contributed by atoms with van der Waals surface area (Å²) in [6.45, 7) is 6.43. The summed E-state index contributed by atoms with van der Waals surface area (Å²) >= 11 is 5.38.